The topological polar surface area (TPSA) is 84.0 Å². The van der Waals surface area contributed by atoms with Crippen molar-refractivity contribution in [1.82, 2.24) is 14.7 Å². The molecule has 3 rings (SSSR count). The molecule has 3 aromatic rings. The van der Waals surface area contributed by atoms with Crippen molar-refractivity contribution in [3.8, 4) is 0 Å². The molecule has 2 aromatic heterocycles. The van der Waals surface area contributed by atoms with Crippen LogP contribution in [0.15, 0.2) is 71.9 Å². The third-order valence-corrected chi connectivity index (χ3v) is 5.41. The molecule has 0 fully saturated rings. The SMILES string of the molecule is CNS(=O)(=O)c1ccc(NC(c2cccc(Cl)c2)c2ccccn2)nc1. The maximum atomic E-state index is 11.8. The van der Waals surface area contributed by atoms with Gasteiger partial charge < -0.3 is 5.32 Å². The number of hydrogen-bond donors (Lipinski definition) is 2. The van der Waals surface area contributed by atoms with E-state index in [1.165, 1.54) is 19.3 Å². The Morgan fingerprint density at radius 3 is 2.50 bits per heavy atom. The molecular formula is C18H17ClN4O2S. The number of nitrogens with one attached hydrogen (secondary N) is 2. The lowest BCUT2D eigenvalue weighted by molar-refractivity contribution is 0.588. The Morgan fingerprint density at radius 1 is 1.04 bits per heavy atom. The van der Waals surface area contributed by atoms with E-state index in [2.05, 4.69) is 20.0 Å². The van der Waals surface area contributed by atoms with Crippen LogP contribution in [0.5, 0.6) is 0 Å². The van der Waals surface area contributed by atoms with Crippen molar-refractivity contribution >= 4 is 27.4 Å². The van der Waals surface area contributed by atoms with Crippen LogP contribution in [0.25, 0.3) is 0 Å². The van der Waals surface area contributed by atoms with Crippen LogP contribution in [0.1, 0.15) is 17.3 Å². The van der Waals surface area contributed by atoms with Crippen LogP contribution in [0.2, 0.25) is 5.02 Å². The summed E-state index contributed by atoms with van der Waals surface area (Å²) in [5, 5.41) is 3.91. The molecule has 1 unspecified atom stereocenters. The summed E-state index contributed by atoms with van der Waals surface area (Å²) < 4.78 is 25.9. The second kappa shape index (κ2) is 7.82. The first-order chi connectivity index (χ1) is 12.5. The first-order valence-electron chi connectivity index (χ1n) is 7.82. The van der Waals surface area contributed by atoms with Gasteiger partial charge in [0, 0.05) is 17.4 Å². The summed E-state index contributed by atoms with van der Waals surface area (Å²) in [7, 11) is -2.16. The van der Waals surface area contributed by atoms with E-state index in [4.69, 9.17) is 11.6 Å². The fraction of sp³-hybridized carbons (Fsp3) is 0.111. The minimum Gasteiger partial charge on any atom is -0.358 e. The second-order valence-corrected chi connectivity index (χ2v) is 7.80. The van der Waals surface area contributed by atoms with E-state index in [1.54, 1.807) is 18.3 Å². The summed E-state index contributed by atoms with van der Waals surface area (Å²) >= 11 is 6.13. The minimum atomic E-state index is -3.52. The zero-order chi connectivity index (χ0) is 18.6. The summed E-state index contributed by atoms with van der Waals surface area (Å²) in [6.07, 6.45) is 3.02. The van der Waals surface area contributed by atoms with Crippen LogP contribution in [0.4, 0.5) is 5.82 Å². The van der Waals surface area contributed by atoms with Crippen molar-refractivity contribution in [1.29, 1.82) is 0 Å². The van der Waals surface area contributed by atoms with Crippen molar-refractivity contribution in [2.75, 3.05) is 12.4 Å². The quantitative estimate of drug-likeness (QED) is 0.677. The predicted molar refractivity (Wildman–Crippen MR) is 102 cm³/mol. The lowest BCUT2D eigenvalue weighted by Crippen LogP contribution is -2.19. The van der Waals surface area contributed by atoms with E-state index in [0.717, 1.165) is 11.3 Å². The molecule has 0 radical (unpaired) electrons. The van der Waals surface area contributed by atoms with Gasteiger partial charge in [0.1, 0.15) is 10.7 Å². The number of rotatable bonds is 6. The molecule has 1 atom stereocenters. The summed E-state index contributed by atoms with van der Waals surface area (Å²) in [4.78, 5) is 8.73. The van der Waals surface area contributed by atoms with Crippen molar-refractivity contribution in [3.63, 3.8) is 0 Å². The summed E-state index contributed by atoms with van der Waals surface area (Å²) in [5.74, 6) is 0.524. The number of aromatic nitrogens is 2. The van der Waals surface area contributed by atoms with Gasteiger partial charge >= 0.3 is 0 Å². The van der Waals surface area contributed by atoms with Crippen molar-refractivity contribution in [2.24, 2.45) is 0 Å². The molecule has 0 aliphatic heterocycles. The Balaban J connectivity index is 1.94. The molecule has 0 amide bonds. The summed E-state index contributed by atoms with van der Waals surface area (Å²) in [5.41, 5.74) is 1.72. The van der Waals surface area contributed by atoms with E-state index in [0.29, 0.717) is 10.8 Å². The van der Waals surface area contributed by atoms with Gasteiger partial charge in [0.25, 0.3) is 0 Å². The molecule has 0 aliphatic carbocycles. The molecule has 134 valence electrons. The van der Waals surface area contributed by atoms with Crippen molar-refractivity contribution in [2.45, 2.75) is 10.9 Å². The van der Waals surface area contributed by atoms with Crippen LogP contribution in [0.3, 0.4) is 0 Å². The van der Waals surface area contributed by atoms with Gasteiger partial charge in [0.2, 0.25) is 10.0 Å². The smallest absolute Gasteiger partial charge is 0.241 e. The average molecular weight is 389 g/mol. The van der Waals surface area contributed by atoms with E-state index < -0.39 is 10.0 Å². The van der Waals surface area contributed by atoms with Crippen molar-refractivity contribution < 1.29 is 8.42 Å². The number of hydrogen-bond acceptors (Lipinski definition) is 5. The maximum Gasteiger partial charge on any atom is 0.241 e. The highest BCUT2D eigenvalue weighted by Crippen LogP contribution is 2.26. The molecular weight excluding hydrogens is 372 g/mol. The number of halogens is 1. The van der Waals surface area contributed by atoms with Gasteiger partial charge in [0.05, 0.1) is 11.7 Å². The van der Waals surface area contributed by atoms with Crippen LogP contribution >= 0.6 is 11.6 Å². The normalized spacial score (nSPS) is 12.5. The lowest BCUT2D eigenvalue weighted by atomic mass is 10.0. The zero-order valence-electron chi connectivity index (χ0n) is 13.9. The van der Waals surface area contributed by atoms with E-state index in [-0.39, 0.29) is 10.9 Å². The van der Waals surface area contributed by atoms with Gasteiger partial charge in [-0.05, 0) is 49.0 Å². The van der Waals surface area contributed by atoms with Gasteiger partial charge in [-0.3, -0.25) is 4.98 Å². The molecule has 1 aromatic carbocycles. The second-order valence-electron chi connectivity index (χ2n) is 5.47. The van der Waals surface area contributed by atoms with Gasteiger partial charge in [-0.2, -0.15) is 0 Å². The highest BCUT2D eigenvalue weighted by molar-refractivity contribution is 7.89. The lowest BCUT2D eigenvalue weighted by Gasteiger charge is -2.20. The Kier molecular flexibility index (Phi) is 5.51. The van der Waals surface area contributed by atoms with E-state index in [9.17, 15) is 8.42 Å². The van der Waals surface area contributed by atoms with Gasteiger partial charge in [0.15, 0.2) is 0 Å². The van der Waals surface area contributed by atoms with E-state index in [1.807, 2.05) is 36.4 Å². The zero-order valence-corrected chi connectivity index (χ0v) is 15.5. The number of pyridine rings is 2. The highest BCUT2D eigenvalue weighted by atomic mass is 35.5. The Hall–Kier alpha value is -2.48. The fourth-order valence-electron chi connectivity index (χ4n) is 2.45. The first kappa shape index (κ1) is 18.3. The van der Waals surface area contributed by atoms with Gasteiger partial charge in [-0.1, -0.05) is 29.8 Å². The summed E-state index contributed by atoms with van der Waals surface area (Å²) in [6, 6.07) is 15.9. The standard InChI is InChI=1S/C18H17ClN4O2S/c1-20-26(24,25)15-8-9-17(22-12-15)23-18(16-7-2-3-10-21-16)13-5-4-6-14(19)11-13/h2-12,18,20H,1H3,(H,22,23). The third kappa shape index (κ3) is 4.19. The molecule has 0 saturated carbocycles. The predicted octanol–water partition coefficient (Wildman–Crippen LogP) is 3.24. The number of benzene rings is 1. The Morgan fingerprint density at radius 2 is 1.88 bits per heavy atom. The molecule has 0 saturated heterocycles. The maximum absolute atomic E-state index is 11.8. The molecule has 0 bridgehead atoms. The van der Waals surface area contributed by atoms with Gasteiger partial charge in [-0.25, -0.2) is 18.1 Å². The monoisotopic (exact) mass is 388 g/mol. The Bertz CT molecular complexity index is 980. The molecule has 6 nitrogen and oxygen atoms in total. The number of sulfonamides is 1. The van der Waals surface area contributed by atoms with Gasteiger partial charge in [-0.15, -0.1) is 0 Å². The third-order valence-electron chi connectivity index (χ3n) is 3.77. The number of anilines is 1. The van der Waals surface area contributed by atoms with Crippen LogP contribution < -0.4 is 10.0 Å². The van der Waals surface area contributed by atoms with Crippen LogP contribution in [-0.4, -0.2) is 25.4 Å². The number of nitrogens with zero attached hydrogens (tertiary/aromatic N) is 2. The van der Waals surface area contributed by atoms with Crippen LogP contribution in [-0.2, 0) is 10.0 Å². The Labute approximate surface area is 157 Å². The van der Waals surface area contributed by atoms with Crippen LogP contribution in [0, 0.1) is 0 Å². The largest absolute Gasteiger partial charge is 0.358 e. The highest BCUT2D eigenvalue weighted by Gasteiger charge is 2.17. The molecule has 8 heteroatoms. The molecule has 26 heavy (non-hydrogen) atoms. The van der Waals surface area contributed by atoms with Crippen molar-refractivity contribution in [3.05, 3.63) is 83.3 Å². The molecule has 0 aliphatic rings. The molecule has 2 heterocycles. The first-order valence-corrected chi connectivity index (χ1v) is 9.68. The van der Waals surface area contributed by atoms with E-state index >= 15 is 0 Å². The molecule has 2 N–H and O–H groups in total. The average Bonchev–Trinajstić information content (AvgIpc) is 2.67. The molecule has 0 spiro atoms. The minimum absolute atomic E-state index is 0.0997. The summed E-state index contributed by atoms with van der Waals surface area (Å²) in [6.45, 7) is 0. The fourth-order valence-corrected chi connectivity index (χ4v) is 3.32.